The first kappa shape index (κ1) is 11.6. The molecule has 0 saturated heterocycles. The summed E-state index contributed by atoms with van der Waals surface area (Å²) < 4.78 is 2.38. The van der Waals surface area contributed by atoms with Crippen LogP contribution in [0.2, 0.25) is 0 Å². The highest BCUT2D eigenvalue weighted by Gasteiger charge is 2.26. The van der Waals surface area contributed by atoms with Gasteiger partial charge in [0.15, 0.2) is 0 Å². The second-order valence-electron chi connectivity index (χ2n) is 4.72. The Morgan fingerprint density at radius 3 is 2.94 bits per heavy atom. The number of halogens is 1. The molecule has 2 atom stereocenters. The van der Waals surface area contributed by atoms with Crippen LogP contribution in [0, 0.1) is 0 Å². The van der Waals surface area contributed by atoms with Gasteiger partial charge in [-0.2, -0.15) is 0 Å². The standard InChI is InChI=1S/C13H15BrN2S/c14-8-5-6-11-12(7-8)17-13(16-11)9-3-1-2-4-10(9)15/h5-7,9-10H,1-4,15H2. The van der Waals surface area contributed by atoms with Crippen LogP contribution in [0.25, 0.3) is 10.2 Å². The largest absolute Gasteiger partial charge is 0.327 e. The predicted octanol–water partition coefficient (Wildman–Crippen LogP) is 4.04. The summed E-state index contributed by atoms with van der Waals surface area (Å²) in [5, 5.41) is 1.23. The molecule has 0 spiro atoms. The Labute approximate surface area is 113 Å². The van der Waals surface area contributed by atoms with Crippen molar-refractivity contribution in [3.8, 4) is 0 Å². The Kier molecular flexibility index (Phi) is 3.19. The minimum Gasteiger partial charge on any atom is -0.327 e. The highest BCUT2D eigenvalue weighted by atomic mass is 79.9. The van der Waals surface area contributed by atoms with Crippen LogP contribution in [0.15, 0.2) is 22.7 Å². The van der Waals surface area contributed by atoms with Gasteiger partial charge >= 0.3 is 0 Å². The van der Waals surface area contributed by atoms with E-state index in [-0.39, 0.29) is 0 Å². The first-order chi connectivity index (χ1) is 8.24. The number of hydrogen-bond donors (Lipinski definition) is 1. The fourth-order valence-electron chi connectivity index (χ4n) is 2.54. The van der Waals surface area contributed by atoms with E-state index in [1.807, 2.05) is 6.07 Å². The molecule has 1 aromatic heterocycles. The summed E-state index contributed by atoms with van der Waals surface area (Å²) in [5.74, 6) is 0.472. The molecule has 1 heterocycles. The number of aromatic nitrogens is 1. The van der Waals surface area contributed by atoms with E-state index in [2.05, 4.69) is 28.1 Å². The molecular weight excluding hydrogens is 296 g/mol. The highest BCUT2D eigenvalue weighted by molar-refractivity contribution is 9.10. The summed E-state index contributed by atoms with van der Waals surface area (Å²) in [6.45, 7) is 0. The zero-order valence-electron chi connectivity index (χ0n) is 9.53. The van der Waals surface area contributed by atoms with Crippen LogP contribution in [0.1, 0.15) is 36.6 Å². The number of nitrogens with two attached hydrogens (primary N) is 1. The smallest absolute Gasteiger partial charge is 0.0984 e. The van der Waals surface area contributed by atoms with Gasteiger partial charge in [-0.3, -0.25) is 0 Å². The average Bonchev–Trinajstić information content (AvgIpc) is 2.72. The highest BCUT2D eigenvalue weighted by Crippen LogP contribution is 2.36. The van der Waals surface area contributed by atoms with Crippen molar-refractivity contribution in [3.05, 3.63) is 27.7 Å². The van der Waals surface area contributed by atoms with Gasteiger partial charge in [0.1, 0.15) is 0 Å². The molecule has 0 bridgehead atoms. The Morgan fingerprint density at radius 2 is 2.12 bits per heavy atom. The van der Waals surface area contributed by atoms with Crippen LogP contribution < -0.4 is 5.73 Å². The van der Waals surface area contributed by atoms with Gasteiger partial charge in [0, 0.05) is 16.4 Å². The molecule has 1 fully saturated rings. The lowest BCUT2D eigenvalue weighted by molar-refractivity contribution is 0.385. The lowest BCUT2D eigenvalue weighted by Gasteiger charge is -2.26. The molecule has 2 unspecified atom stereocenters. The van der Waals surface area contributed by atoms with Crippen LogP contribution in [-0.4, -0.2) is 11.0 Å². The molecule has 4 heteroatoms. The van der Waals surface area contributed by atoms with Gasteiger partial charge in [0.25, 0.3) is 0 Å². The van der Waals surface area contributed by atoms with Crippen molar-refractivity contribution < 1.29 is 0 Å². The van der Waals surface area contributed by atoms with Gasteiger partial charge in [-0.1, -0.05) is 28.8 Å². The lowest BCUT2D eigenvalue weighted by atomic mass is 9.85. The quantitative estimate of drug-likeness (QED) is 0.863. The van der Waals surface area contributed by atoms with Crippen molar-refractivity contribution in [2.75, 3.05) is 0 Å². The maximum absolute atomic E-state index is 6.22. The average molecular weight is 311 g/mol. The number of hydrogen-bond acceptors (Lipinski definition) is 3. The maximum Gasteiger partial charge on any atom is 0.0984 e. The van der Waals surface area contributed by atoms with Gasteiger partial charge in [0.05, 0.1) is 15.2 Å². The summed E-state index contributed by atoms with van der Waals surface area (Å²) in [4.78, 5) is 4.75. The number of thiazole rings is 1. The van der Waals surface area contributed by atoms with Gasteiger partial charge in [-0.25, -0.2) is 4.98 Å². The Hall–Kier alpha value is -0.450. The van der Waals surface area contributed by atoms with Gasteiger partial charge in [-0.15, -0.1) is 11.3 Å². The fourth-order valence-corrected chi connectivity index (χ4v) is 4.27. The Bertz CT molecular complexity index is 537. The summed E-state index contributed by atoms with van der Waals surface area (Å²) in [6, 6.07) is 6.57. The SMILES string of the molecule is NC1CCCCC1c1nc2ccc(Br)cc2s1. The fraction of sp³-hybridized carbons (Fsp3) is 0.462. The minimum absolute atomic E-state index is 0.299. The molecule has 1 aromatic carbocycles. The Balaban J connectivity index is 1.99. The molecule has 90 valence electrons. The van der Waals surface area contributed by atoms with Crippen molar-refractivity contribution in [3.63, 3.8) is 0 Å². The molecule has 2 aromatic rings. The summed E-state index contributed by atoms with van der Waals surface area (Å²) >= 11 is 5.30. The van der Waals surface area contributed by atoms with Crippen LogP contribution in [0.3, 0.4) is 0 Å². The van der Waals surface area contributed by atoms with Gasteiger partial charge < -0.3 is 5.73 Å². The molecule has 1 aliphatic rings. The molecule has 0 aliphatic heterocycles. The maximum atomic E-state index is 6.22. The van der Waals surface area contributed by atoms with E-state index in [0.29, 0.717) is 12.0 Å². The van der Waals surface area contributed by atoms with E-state index in [9.17, 15) is 0 Å². The van der Waals surface area contributed by atoms with Crippen LogP contribution in [-0.2, 0) is 0 Å². The molecule has 0 radical (unpaired) electrons. The molecule has 1 saturated carbocycles. The minimum atomic E-state index is 0.299. The number of fused-ring (bicyclic) bond motifs is 1. The second kappa shape index (κ2) is 4.67. The summed E-state index contributed by atoms with van der Waals surface area (Å²) in [5.41, 5.74) is 7.32. The molecule has 1 aliphatic carbocycles. The second-order valence-corrected chi connectivity index (χ2v) is 6.70. The number of rotatable bonds is 1. The van der Waals surface area contributed by atoms with Crippen molar-refractivity contribution in [1.82, 2.24) is 4.98 Å². The van der Waals surface area contributed by atoms with Crippen molar-refractivity contribution in [2.24, 2.45) is 5.73 Å². The molecule has 2 nitrogen and oxygen atoms in total. The molecule has 17 heavy (non-hydrogen) atoms. The molecular formula is C13H15BrN2S. The van der Waals surface area contributed by atoms with E-state index < -0.39 is 0 Å². The lowest BCUT2D eigenvalue weighted by Crippen LogP contribution is -2.31. The van der Waals surface area contributed by atoms with Crippen molar-refractivity contribution in [1.29, 1.82) is 0 Å². The summed E-state index contributed by atoms with van der Waals surface area (Å²) in [6.07, 6.45) is 4.90. The molecule has 3 rings (SSSR count). The predicted molar refractivity (Wildman–Crippen MR) is 76.5 cm³/mol. The third kappa shape index (κ3) is 2.26. The van der Waals surface area contributed by atoms with E-state index in [1.54, 1.807) is 11.3 Å². The summed E-state index contributed by atoms with van der Waals surface area (Å²) in [7, 11) is 0. The van der Waals surface area contributed by atoms with Crippen molar-refractivity contribution >= 4 is 37.5 Å². The number of benzene rings is 1. The third-order valence-corrected chi connectivity index (χ3v) is 5.15. The van der Waals surface area contributed by atoms with E-state index in [0.717, 1.165) is 16.4 Å². The van der Waals surface area contributed by atoms with E-state index in [4.69, 9.17) is 10.7 Å². The third-order valence-electron chi connectivity index (χ3n) is 3.50. The topological polar surface area (TPSA) is 38.9 Å². The number of nitrogens with zero attached hydrogens (tertiary/aromatic N) is 1. The molecule has 0 amide bonds. The van der Waals surface area contributed by atoms with E-state index in [1.165, 1.54) is 29.0 Å². The van der Waals surface area contributed by atoms with E-state index >= 15 is 0 Å². The normalized spacial score (nSPS) is 25.3. The first-order valence-electron chi connectivity index (χ1n) is 6.05. The van der Waals surface area contributed by atoms with Gasteiger partial charge in [0.2, 0.25) is 0 Å². The zero-order chi connectivity index (χ0) is 11.8. The van der Waals surface area contributed by atoms with Crippen LogP contribution in [0.5, 0.6) is 0 Å². The van der Waals surface area contributed by atoms with Crippen molar-refractivity contribution in [2.45, 2.75) is 37.6 Å². The monoisotopic (exact) mass is 310 g/mol. The van der Waals surface area contributed by atoms with Gasteiger partial charge in [-0.05, 0) is 31.0 Å². The van der Waals surface area contributed by atoms with Crippen LogP contribution >= 0.6 is 27.3 Å². The van der Waals surface area contributed by atoms with Crippen LogP contribution in [0.4, 0.5) is 0 Å². The molecule has 2 N–H and O–H groups in total. The Morgan fingerprint density at radius 1 is 1.29 bits per heavy atom. The first-order valence-corrected chi connectivity index (χ1v) is 7.66. The zero-order valence-corrected chi connectivity index (χ0v) is 11.9.